The monoisotopic (exact) mass is 245 g/mol. The Balaban J connectivity index is 2.78. The molecule has 0 fully saturated rings. The van der Waals surface area contributed by atoms with Crippen molar-refractivity contribution < 1.29 is 9.59 Å². The van der Waals surface area contributed by atoms with Gasteiger partial charge in [-0.05, 0) is 31.7 Å². The third-order valence-electron chi connectivity index (χ3n) is 2.06. The molecule has 0 saturated heterocycles. The van der Waals surface area contributed by atoms with Gasteiger partial charge in [0.15, 0.2) is 5.78 Å². The SMILES string of the molecule is CC(=O)C(C)NC(=O)c1scc(C)c1Cl. The Kier molecular flexibility index (Phi) is 3.88. The van der Waals surface area contributed by atoms with Crippen LogP contribution < -0.4 is 5.32 Å². The molecule has 0 spiro atoms. The van der Waals surface area contributed by atoms with Crippen LogP contribution >= 0.6 is 22.9 Å². The highest BCUT2D eigenvalue weighted by Gasteiger charge is 2.17. The molecule has 82 valence electrons. The van der Waals surface area contributed by atoms with E-state index < -0.39 is 6.04 Å². The number of carbonyl (C=O) groups excluding carboxylic acids is 2. The van der Waals surface area contributed by atoms with E-state index in [1.54, 1.807) is 6.92 Å². The molecule has 0 aromatic carbocycles. The third kappa shape index (κ3) is 2.79. The van der Waals surface area contributed by atoms with Crippen LogP contribution in [0.25, 0.3) is 0 Å². The van der Waals surface area contributed by atoms with E-state index in [0.717, 1.165) is 5.56 Å². The number of halogens is 1. The molecule has 0 saturated carbocycles. The number of Topliss-reactive ketones (excluding diaryl/α,β-unsaturated/α-hetero) is 1. The van der Waals surface area contributed by atoms with E-state index in [0.29, 0.717) is 9.90 Å². The van der Waals surface area contributed by atoms with Crippen LogP contribution in [0.3, 0.4) is 0 Å². The Hall–Kier alpha value is -0.870. The van der Waals surface area contributed by atoms with Crippen molar-refractivity contribution in [2.75, 3.05) is 0 Å². The number of rotatable bonds is 3. The number of aryl methyl sites for hydroxylation is 1. The first-order valence-electron chi connectivity index (χ1n) is 4.48. The molecule has 1 atom stereocenters. The molecular weight excluding hydrogens is 234 g/mol. The summed E-state index contributed by atoms with van der Waals surface area (Å²) in [5.41, 5.74) is 0.877. The molecule has 1 N–H and O–H groups in total. The lowest BCUT2D eigenvalue weighted by Gasteiger charge is -2.09. The zero-order chi connectivity index (χ0) is 11.6. The Morgan fingerprint density at radius 3 is 2.53 bits per heavy atom. The first-order valence-corrected chi connectivity index (χ1v) is 5.74. The molecule has 5 heteroatoms. The van der Waals surface area contributed by atoms with Crippen LogP contribution in [0.4, 0.5) is 0 Å². The standard InChI is InChI=1S/C10H12ClNO2S/c1-5-4-15-9(8(5)11)10(14)12-6(2)7(3)13/h4,6H,1-3H3,(H,12,14). The highest BCUT2D eigenvalue weighted by molar-refractivity contribution is 7.13. The second-order valence-electron chi connectivity index (χ2n) is 3.37. The van der Waals surface area contributed by atoms with Gasteiger partial charge in [-0.2, -0.15) is 0 Å². The van der Waals surface area contributed by atoms with Crippen LogP contribution in [0.2, 0.25) is 5.02 Å². The molecule has 0 aliphatic rings. The van der Waals surface area contributed by atoms with Crippen molar-refractivity contribution in [3.8, 4) is 0 Å². The van der Waals surface area contributed by atoms with Crippen molar-refractivity contribution in [1.82, 2.24) is 5.32 Å². The first-order chi connectivity index (χ1) is 6.93. The fraction of sp³-hybridized carbons (Fsp3) is 0.400. The lowest BCUT2D eigenvalue weighted by molar-refractivity contribution is -0.118. The highest BCUT2D eigenvalue weighted by Crippen LogP contribution is 2.26. The number of ketones is 1. The molecule has 1 aromatic heterocycles. The Bertz CT molecular complexity index is 400. The molecule has 3 nitrogen and oxygen atoms in total. The molecule has 1 amide bonds. The number of amides is 1. The second kappa shape index (κ2) is 4.77. The minimum absolute atomic E-state index is 0.0762. The summed E-state index contributed by atoms with van der Waals surface area (Å²) in [6, 6.07) is -0.476. The maximum atomic E-state index is 11.7. The van der Waals surface area contributed by atoms with Gasteiger partial charge >= 0.3 is 0 Å². The van der Waals surface area contributed by atoms with Gasteiger partial charge in [-0.15, -0.1) is 11.3 Å². The Morgan fingerprint density at radius 1 is 1.53 bits per heavy atom. The summed E-state index contributed by atoms with van der Waals surface area (Å²) in [6.07, 6.45) is 0. The minimum atomic E-state index is -0.476. The third-order valence-corrected chi connectivity index (χ3v) is 3.76. The summed E-state index contributed by atoms with van der Waals surface area (Å²) in [5.74, 6) is -0.367. The largest absolute Gasteiger partial charge is 0.342 e. The van der Waals surface area contributed by atoms with Crippen LogP contribution in [0.15, 0.2) is 5.38 Å². The Morgan fingerprint density at radius 2 is 2.13 bits per heavy atom. The van der Waals surface area contributed by atoms with E-state index in [2.05, 4.69) is 5.32 Å². The van der Waals surface area contributed by atoms with Gasteiger partial charge in [-0.1, -0.05) is 11.6 Å². The quantitative estimate of drug-likeness (QED) is 0.889. The van der Waals surface area contributed by atoms with Gasteiger partial charge in [0.05, 0.1) is 11.1 Å². The van der Waals surface area contributed by atoms with E-state index in [1.165, 1.54) is 18.3 Å². The smallest absolute Gasteiger partial charge is 0.263 e. The molecule has 1 rings (SSSR count). The number of thiophene rings is 1. The van der Waals surface area contributed by atoms with E-state index in [-0.39, 0.29) is 11.7 Å². The molecule has 0 aliphatic carbocycles. The van der Waals surface area contributed by atoms with Gasteiger partial charge in [-0.25, -0.2) is 0 Å². The van der Waals surface area contributed by atoms with Gasteiger partial charge in [-0.3, -0.25) is 9.59 Å². The lowest BCUT2D eigenvalue weighted by Crippen LogP contribution is -2.37. The van der Waals surface area contributed by atoms with Crippen molar-refractivity contribution >= 4 is 34.6 Å². The fourth-order valence-corrected chi connectivity index (χ4v) is 2.13. The van der Waals surface area contributed by atoms with Crippen LogP contribution in [0.1, 0.15) is 29.1 Å². The van der Waals surface area contributed by atoms with E-state index in [9.17, 15) is 9.59 Å². The molecule has 0 aliphatic heterocycles. The van der Waals surface area contributed by atoms with Crippen molar-refractivity contribution in [3.63, 3.8) is 0 Å². The van der Waals surface area contributed by atoms with Gasteiger partial charge in [0.1, 0.15) is 4.88 Å². The first kappa shape index (κ1) is 12.2. The summed E-state index contributed by atoms with van der Waals surface area (Å²) < 4.78 is 0. The van der Waals surface area contributed by atoms with E-state index >= 15 is 0 Å². The van der Waals surface area contributed by atoms with Crippen molar-refractivity contribution in [3.05, 3.63) is 20.8 Å². The van der Waals surface area contributed by atoms with Crippen LogP contribution in [-0.2, 0) is 4.79 Å². The number of nitrogens with one attached hydrogen (secondary N) is 1. The lowest BCUT2D eigenvalue weighted by atomic mass is 10.2. The van der Waals surface area contributed by atoms with Gasteiger partial charge < -0.3 is 5.32 Å². The summed E-state index contributed by atoms with van der Waals surface area (Å²) in [5, 5.41) is 4.87. The molecule has 1 heterocycles. The number of hydrogen-bond donors (Lipinski definition) is 1. The summed E-state index contributed by atoms with van der Waals surface area (Å²) >= 11 is 7.21. The minimum Gasteiger partial charge on any atom is -0.342 e. The van der Waals surface area contributed by atoms with Crippen LogP contribution in [0, 0.1) is 6.92 Å². The highest BCUT2D eigenvalue weighted by atomic mass is 35.5. The van der Waals surface area contributed by atoms with Gasteiger partial charge in [0, 0.05) is 0 Å². The summed E-state index contributed by atoms with van der Waals surface area (Å²) in [6.45, 7) is 4.92. The summed E-state index contributed by atoms with van der Waals surface area (Å²) in [7, 11) is 0. The van der Waals surface area contributed by atoms with Crippen molar-refractivity contribution in [2.24, 2.45) is 0 Å². The molecule has 0 bridgehead atoms. The second-order valence-corrected chi connectivity index (χ2v) is 4.63. The zero-order valence-corrected chi connectivity index (χ0v) is 10.3. The number of carbonyl (C=O) groups is 2. The van der Waals surface area contributed by atoms with Crippen LogP contribution in [-0.4, -0.2) is 17.7 Å². The van der Waals surface area contributed by atoms with Crippen LogP contribution in [0.5, 0.6) is 0 Å². The molecule has 15 heavy (non-hydrogen) atoms. The van der Waals surface area contributed by atoms with Gasteiger partial charge in [0.25, 0.3) is 5.91 Å². The van der Waals surface area contributed by atoms with Crippen molar-refractivity contribution in [1.29, 1.82) is 0 Å². The average Bonchev–Trinajstić information content (AvgIpc) is 2.47. The topological polar surface area (TPSA) is 46.2 Å². The van der Waals surface area contributed by atoms with E-state index in [4.69, 9.17) is 11.6 Å². The van der Waals surface area contributed by atoms with Crippen molar-refractivity contribution in [2.45, 2.75) is 26.8 Å². The number of hydrogen-bond acceptors (Lipinski definition) is 3. The maximum Gasteiger partial charge on any atom is 0.263 e. The van der Waals surface area contributed by atoms with Gasteiger partial charge in [0.2, 0.25) is 0 Å². The molecule has 1 unspecified atom stereocenters. The zero-order valence-electron chi connectivity index (χ0n) is 8.76. The average molecular weight is 246 g/mol. The van der Waals surface area contributed by atoms with E-state index in [1.807, 2.05) is 12.3 Å². The predicted molar refractivity (Wildman–Crippen MR) is 61.7 cm³/mol. The molecular formula is C10H12ClNO2S. The normalized spacial score (nSPS) is 12.3. The predicted octanol–water partition coefficient (Wildman–Crippen LogP) is 2.42. The fourth-order valence-electron chi connectivity index (χ4n) is 0.947. The molecule has 1 aromatic rings. The maximum absolute atomic E-state index is 11.7. The summed E-state index contributed by atoms with van der Waals surface area (Å²) in [4.78, 5) is 23.1. The molecule has 0 radical (unpaired) electrons. The Labute approximate surface area is 97.4 Å².